The highest BCUT2D eigenvalue weighted by Gasteiger charge is 2.12. The van der Waals surface area contributed by atoms with E-state index in [1.165, 1.54) is 5.39 Å². The van der Waals surface area contributed by atoms with E-state index >= 15 is 0 Å². The first-order chi connectivity index (χ1) is 16.6. The summed E-state index contributed by atoms with van der Waals surface area (Å²) in [6, 6.07) is 27.3. The van der Waals surface area contributed by atoms with Crippen molar-refractivity contribution >= 4 is 65.7 Å². The first kappa shape index (κ1) is 22.4. The quantitative estimate of drug-likeness (QED) is 0.168. The van der Waals surface area contributed by atoms with E-state index in [0.29, 0.717) is 17.9 Å². The molecule has 1 N–H and O–H groups in total. The van der Waals surface area contributed by atoms with E-state index in [2.05, 4.69) is 66.7 Å². The van der Waals surface area contributed by atoms with Gasteiger partial charge in [0.1, 0.15) is 17.9 Å². The Morgan fingerprint density at radius 1 is 0.912 bits per heavy atom. The van der Waals surface area contributed by atoms with Crippen LogP contribution < -0.4 is 10.2 Å². The molecule has 5 rings (SSSR count). The van der Waals surface area contributed by atoms with Gasteiger partial charge in [-0.15, -0.1) is 0 Å². The third kappa shape index (κ3) is 4.90. The van der Waals surface area contributed by atoms with E-state index in [4.69, 9.17) is 9.15 Å². The Morgan fingerprint density at radius 3 is 2.62 bits per heavy atom. The third-order valence-corrected chi connectivity index (χ3v) is 6.29. The van der Waals surface area contributed by atoms with Crippen molar-refractivity contribution in [1.29, 1.82) is 0 Å². The van der Waals surface area contributed by atoms with Crippen molar-refractivity contribution in [2.24, 2.45) is 5.10 Å². The van der Waals surface area contributed by atoms with Crippen LogP contribution in [0.15, 0.2) is 103 Å². The molecule has 34 heavy (non-hydrogen) atoms. The van der Waals surface area contributed by atoms with Crippen LogP contribution in [0.3, 0.4) is 0 Å². The Balaban J connectivity index is 1.31. The van der Waals surface area contributed by atoms with Crippen LogP contribution in [-0.2, 0) is 6.61 Å². The molecule has 0 bridgehead atoms. The Morgan fingerprint density at radius 2 is 1.71 bits per heavy atom. The number of nitrogens with one attached hydrogen (secondary N) is 1. The Hall–Kier alpha value is -3.42. The molecule has 4 aromatic carbocycles. The lowest BCUT2D eigenvalue weighted by Gasteiger charge is -2.11. The highest BCUT2D eigenvalue weighted by molar-refractivity contribution is 9.10. The van der Waals surface area contributed by atoms with Crippen LogP contribution in [0.4, 0.5) is 0 Å². The van der Waals surface area contributed by atoms with Gasteiger partial charge in [0.15, 0.2) is 5.76 Å². The van der Waals surface area contributed by atoms with Crippen molar-refractivity contribution in [1.82, 2.24) is 5.43 Å². The summed E-state index contributed by atoms with van der Waals surface area (Å²) in [4.78, 5) is 12.5. The van der Waals surface area contributed by atoms with Gasteiger partial charge >= 0.3 is 5.91 Å². The maximum atomic E-state index is 12.5. The number of amides is 1. The summed E-state index contributed by atoms with van der Waals surface area (Å²) >= 11 is 6.90. The summed E-state index contributed by atoms with van der Waals surface area (Å²) in [5.41, 5.74) is 4.97. The first-order valence-corrected chi connectivity index (χ1v) is 12.1. The van der Waals surface area contributed by atoms with E-state index in [-0.39, 0.29) is 5.76 Å². The number of rotatable bonds is 6. The Labute approximate surface area is 212 Å². The highest BCUT2D eigenvalue weighted by Crippen LogP contribution is 2.26. The minimum Gasteiger partial charge on any atom is -0.488 e. The number of hydrogen-bond donors (Lipinski definition) is 1. The van der Waals surface area contributed by atoms with Gasteiger partial charge in [-0.05, 0) is 58.8 Å². The smallest absolute Gasteiger partial charge is 0.307 e. The van der Waals surface area contributed by atoms with Crippen LogP contribution in [0.1, 0.15) is 21.7 Å². The topological polar surface area (TPSA) is 63.8 Å². The molecule has 0 unspecified atom stereocenters. The maximum Gasteiger partial charge on any atom is 0.307 e. The first-order valence-electron chi connectivity index (χ1n) is 10.5. The molecule has 0 spiro atoms. The molecule has 0 aliphatic rings. The molecule has 168 valence electrons. The van der Waals surface area contributed by atoms with Gasteiger partial charge in [0.25, 0.3) is 0 Å². The molecule has 0 saturated heterocycles. The van der Waals surface area contributed by atoms with Crippen molar-refractivity contribution < 1.29 is 13.9 Å². The molecule has 1 amide bonds. The number of hydrogen-bond acceptors (Lipinski definition) is 4. The Bertz CT molecular complexity index is 1540. The van der Waals surface area contributed by atoms with Crippen LogP contribution in [-0.4, -0.2) is 12.1 Å². The predicted molar refractivity (Wildman–Crippen MR) is 141 cm³/mol. The molecule has 0 saturated carbocycles. The van der Waals surface area contributed by atoms with E-state index in [1.54, 1.807) is 18.3 Å². The zero-order valence-electron chi connectivity index (χ0n) is 17.8. The van der Waals surface area contributed by atoms with Crippen molar-refractivity contribution in [3.05, 3.63) is 111 Å². The number of ether oxygens (including phenoxy) is 1. The molecule has 0 fully saturated rings. The van der Waals surface area contributed by atoms with Crippen LogP contribution in [0, 0.1) is 0 Å². The fraction of sp³-hybridized carbons (Fsp3) is 0.0370. The van der Waals surface area contributed by atoms with Gasteiger partial charge in [0.2, 0.25) is 0 Å². The van der Waals surface area contributed by atoms with E-state index in [1.807, 2.05) is 48.5 Å². The molecule has 7 heteroatoms. The van der Waals surface area contributed by atoms with E-state index in [0.717, 1.165) is 30.8 Å². The Kier molecular flexibility index (Phi) is 6.47. The molecular weight excluding hydrogens is 560 g/mol. The van der Waals surface area contributed by atoms with Gasteiger partial charge in [-0.1, -0.05) is 74.3 Å². The number of furan rings is 1. The summed E-state index contributed by atoms with van der Waals surface area (Å²) in [6.45, 7) is 0.407. The zero-order chi connectivity index (χ0) is 23.5. The van der Waals surface area contributed by atoms with Crippen molar-refractivity contribution in [2.45, 2.75) is 6.61 Å². The van der Waals surface area contributed by atoms with Gasteiger partial charge in [0, 0.05) is 19.9 Å². The second-order valence-corrected chi connectivity index (χ2v) is 9.43. The fourth-order valence-electron chi connectivity index (χ4n) is 3.67. The standard InChI is InChI=1S/C27H18Br2N2O3/c28-21-9-11-25-19(12-21)14-26(34-25)27(32)31-30-15-20-13-22(29)8-10-24(20)33-16-18-6-3-5-17-4-1-2-7-23(17)18/h1-15H,16H2,(H,31,32). The summed E-state index contributed by atoms with van der Waals surface area (Å²) in [5, 5.41) is 7.27. The minimum absolute atomic E-state index is 0.187. The van der Waals surface area contributed by atoms with Gasteiger partial charge in [0.05, 0.1) is 6.21 Å². The van der Waals surface area contributed by atoms with Gasteiger partial charge in [-0.3, -0.25) is 4.79 Å². The van der Waals surface area contributed by atoms with Crippen LogP contribution in [0.25, 0.3) is 21.7 Å². The fourth-order valence-corrected chi connectivity index (χ4v) is 4.42. The molecular formula is C27H18Br2N2O3. The number of nitrogens with zero attached hydrogens (tertiary/aromatic N) is 1. The van der Waals surface area contributed by atoms with Crippen LogP contribution >= 0.6 is 31.9 Å². The third-order valence-electron chi connectivity index (χ3n) is 5.31. The van der Waals surface area contributed by atoms with E-state index < -0.39 is 5.91 Å². The summed E-state index contributed by atoms with van der Waals surface area (Å²) in [5.74, 6) is 0.409. The average molecular weight is 578 g/mol. The van der Waals surface area contributed by atoms with Crippen molar-refractivity contribution in [3.8, 4) is 5.75 Å². The molecule has 0 aliphatic heterocycles. The molecule has 1 aromatic heterocycles. The maximum absolute atomic E-state index is 12.5. The van der Waals surface area contributed by atoms with Crippen molar-refractivity contribution in [2.75, 3.05) is 0 Å². The van der Waals surface area contributed by atoms with Gasteiger partial charge in [-0.2, -0.15) is 5.10 Å². The number of hydrazone groups is 1. The average Bonchev–Trinajstić information content (AvgIpc) is 3.27. The number of carbonyl (C=O) groups is 1. The monoisotopic (exact) mass is 576 g/mol. The molecule has 5 nitrogen and oxygen atoms in total. The van der Waals surface area contributed by atoms with Gasteiger partial charge in [-0.25, -0.2) is 5.43 Å². The summed E-state index contributed by atoms with van der Waals surface area (Å²) in [6.07, 6.45) is 1.56. The largest absolute Gasteiger partial charge is 0.488 e. The molecule has 0 atom stereocenters. The number of fused-ring (bicyclic) bond motifs is 2. The molecule has 5 aromatic rings. The number of halogens is 2. The normalized spacial score (nSPS) is 11.4. The number of carbonyl (C=O) groups excluding carboxylic acids is 1. The second kappa shape index (κ2) is 9.83. The van der Waals surface area contributed by atoms with Crippen LogP contribution in [0.5, 0.6) is 5.75 Å². The van der Waals surface area contributed by atoms with Crippen LogP contribution in [0.2, 0.25) is 0 Å². The summed E-state index contributed by atoms with van der Waals surface area (Å²) in [7, 11) is 0. The van der Waals surface area contributed by atoms with Gasteiger partial charge < -0.3 is 9.15 Å². The highest BCUT2D eigenvalue weighted by atomic mass is 79.9. The van der Waals surface area contributed by atoms with Crippen molar-refractivity contribution in [3.63, 3.8) is 0 Å². The molecule has 0 aliphatic carbocycles. The predicted octanol–water partition coefficient (Wildman–Crippen LogP) is 7.45. The molecule has 0 radical (unpaired) electrons. The zero-order valence-corrected chi connectivity index (χ0v) is 21.0. The van der Waals surface area contributed by atoms with E-state index in [9.17, 15) is 4.79 Å². The second-order valence-electron chi connectivity index (χ2n) is 7.60. The molecule has 1 heterocycles. The lowest BCUT2D eigenvalue weighted by molar-refractivity contribution is 0.0929. The minimum atomic E-state index is -0.434. The lowest BCUT2D eigenvalue weighted by atomic mass is 10.1. The number of benzene rings is 4. The lowest BCUT2D eigenvalue weighted by Crippen LogP contribution is -2.16. The SMILES string of the molecule is O=C(NN=Cc1cc(Br)ccc1OCc1cccc2ccccc12)c1cc2cc(Br)ccc2o1. The summed E-state index contributed by atoms with van der Waals surface area (Å²) < 4.78 is 13.5.